The first kappa shape index (κ1) is 19.1. The Morgan fingerprint density at radius 3 is 2.87 bits per heavy atom. The zero-order valence-electron chi connectivity index (χ0n) is 17.2. The Morgan fingerprint density at radius 1 is 1.27 bits per heavy atom. The second-order valence-corrected chi connectivity index (χ2v) is 8.48. The fourth-order valence-corrected chi connectivity index (χ4v) is 4.35. The highest BCUT2D eigenvalue weighted by Crippen LogP contribution is 2.32. The van der Waals surface area contributed by atoms with Crippen molar-refractivity contribution in [1.82, 2.24) is 19.9 Å². The zero-order chi connectivity index (χ0) is 20.7. The van der Waals surface area contributed by atoms with Crippen LogP contribution in [-0.4, -0.2) is 44.7 Å². The molecule has 0 spiro atoms. The zero-order valence-corrected chi connectivity index (χ0v) is 17.2. The number of para-hydroxylation sites is 1. The van der Waals surface area contributed by atoms with E-state index in [1.54, 1.807) is 6.20 Å². The maximum atomic E-state index is 12.9. The summed E-state index contributed by atoms with van der Waals surface area (Å²) in [7, 11) is 1.90. The summed E-state index contributed by atoms with van der Waals surface area (Å²) in [6, 6.07) is 10.0. The predicted octanol–water partition coefficient (Wildman–Crippen LogP) is 2.81. The summed E-state index contributed by atoms with van der Waals surface area (Å²) in [4.78, 5) is 24.3. The van der Waals surface area contributed by atoms with Gasteiger partial charge in [0.25, 0.3) is 5.91 Å². The molecule has 0 bridgehead atoms. The molecule has 156 valence electrons. The van der Waals surface area contributed by atoms with Crippen LogP contribution >= 0.6 is 0 Å². The van der Waals surface area contributed by atoms with Gasteiger partial charge in [0.1, 0.15) is 17.7 Å². The van der Waals surface area contributed by atoms with Crippen molar-refractivity contribution < 1.29 is 9.90 Å². The molecule has 7 nitrogen and oxygen atoms in total. The van der Waals surface area contributed by atoms with Gasteiger partial charge >= 0.3 is 0 Å². The molecule has 2 N–H and O–H groups in total. The van der Waals surface area contributed by atoms with Crippen LogP contribution in [0.25, 0.3) is 10.9 Å². The summed E-state index contributed by atoms with van der Waals surface area (Å²) in [5.41, 5.74) is 1.50. The highest BCUT2D eigenvalue weighted by atomic mass is 16.3. The van der Waals surface area contributed by atoms with Gasteiger partial charge in [-0.2, -0.15) is 0 Å². The number of nitrogens with one attached hydrogen (secondary N) is 1. The summed E-state index contributed by atoms with van der Waals surface area (Å²) >= 11 is 0. The number of hydrogen-bond acceptors (Lipinski definition) is 5. The molecule has 7 heteroatoms. The Hall–Kier alpha value is -2.93. The molecule has 1 aromatic carbocycles. The number of carbonyl (C=O) groups excluding carboxylic acids is 1. The number of piperidine rings is 1. The van der Waals surface area contributed by atoms with Crippen molar-refractivity contribution in [2.24, 2.45) is 13.0 Å². The van der Waals surface area contributed by atoms with Crippen molar-refractivity contribution in [2.45, 2.75) is 37.8 Å². The number of aryl methyl sites for hydroxylation is 1. The largest absolute Gasteiger partial charge is 0.385 e. The highest BCUT2D eigenvalue weighted by Gasteiger charge is 2.31. The molecule has 1 aliphatic carbocycles. The van der Waals surface area contributed by atoms with Gasteiger partial charge in [0.05, 0.1) is 11.1 Å². The first-order valence-corrected chi connectivity index (χ1v) is 10.7. The molecule has 2 unspecified atom stereocenters. The minimum absolute atomic E-state index is 0.0287. The molecular formula is C23H27N5O2. The average Bonchev–Trinajstić information content (AvgIpc) is 3.49. The summed E-state index contributed by atoms with van der Waals surface area (Å²) < 4.78 is 1.87. The van der Waals surface area contributed by atoms with Crippen LogP contribution in [0, 0.1) is 5.92 Å². The quantitative estimate of drug-likeness (QED) is 0.682. The molecule has 1 aliphatic heterocycles. The second kappa shape index (κ2) is 7.72. The molecule has 3 heterocycles. The summed E-state index contributed by atoms with van der Waals surface area (Å²) in [6.45, 7) is 1.54. The van der Waals surface area contributed by atoms with Crippen LogP contribution in [0.4, 0.5) is 5.82 Å². The monoisotopic (exact) mass is 405 g/mol. The fourth-order valence-electron chi connectivity index (χ4n) is 4.35. The van der Waals surface area contributed by atoms with E-state index in [4.69, 9.17) is 4.98 Å². The Balaban J connectivity index is 1.44. The first-order valence-electron chi connectivity index (χ1n) is 10.7. The van der Waals surface area contributed by atoms with Crippen LogP contribution in [-0.2, 0) is 7.05 Å². The van der Waals surface area contributed by atoms with E-state index in [-0.39, 0.29) is 11.8 Å². The molecule has 1 amide bonds. The maximum absolute atomic E-state index is 12.9. The van der Waals surface area contributed by atoms with E-state index in [2.05, 4.69) is 15.2 Å². The number of imidazole rings is 1. The SMILES string of the molecule is Cn1ccnc1C(O)C1CCCN(c2cc(C(=O)NC3CC3)c3ccccc3n2)C1. The minimum Gasteiger partial charge on any atom is -0.385 e. The number of amides is 1. The first-order chi connectivity index (χ1) is 14.6. The number of nitrogens with zero attached hydrogens (tertiary/aromatic N) is 4. The number of aliphatic hydroxyl groups excluding tert-OH is 1. The van der Waals surface area contributed by atoms with E-state index in [1.807, 2.05) is 48.1 Å². The van der Waals surface area contributed by atoms with Gasteiger partial charge in [-0.1, -0.05) is 18.2 Å². The van der Waals surface area contributed by atoms with Crippen LogP contribution in [0.15, 0.2) is 42.7 Å². The van der Waals surface area contributed by atoms with E-state index in [9.17, 15) is 9.90 Å². The molecule has 30 heavy (non-hydrogen) atoms. The molecule has 2 fully saturated rings. The number of carbonyl (C=O) groups is 1. The number of anilines is 1. The molecule has 2 aliphatic rings. The Kier molecular flexibility index (Phi) is 4.90. The van der Waals surface area contributed by atoms with Crippen LogP contribution in [0.1, 0.15) is 48.0 Å². The number of hydrogen-bond donors (Lipinski definition) is 2. The predicted molar refractivity (Wildman–Crippen MR) is 115 cm³/mol. The van der Waals surface area contributed by atoms with Gasteiger partial charge in [0, 0.05) is 49.9 Å². The van der Waals surface area contributed by atoms with Gasteiger partial charge in [0.2, 0.25) is 0 Å². The lowest BCUT2D eigenvalue weighted by Gasteiger charge is -2.36. The molecule has 5 rings (SSSR count). The van der Waals surface area contributed by atoms with E-state index >= 15 is 0 Å². The van der Waals surface area contributed by atoms with E-state index in [1.165, 1.54) is 0 Å². The topological polar surface area (TPSA) is 83.3 Å². The van der Waals surface area contributed by atoms with Gasteiger partial charge in [-0.25, -0.2) is 9.97 Å². The smallest absolute Gasteiger partial charge is 0.252 e. The average molecular weight is 406 g/mol. The summed E-state index contributed by atoms with van der Waals surface area (Å²) in [6.07, 6.45) is 6.97. The number of aromatic nitrogens is 3. The Bertz CT molecular complexity index is 1070. The number of aliphatic hydroxyl groups is 1. The van der Waals surface area contributed by atoms with Crippen LogP contribution in [0.3, 0.4) is 0 Å². The molecular weight excluding hydrogens is 378 g/mol. The van der Waals surface area contributed by atoms with Crippen LogP contribution in [0.2, 0.25) is 0 Å². The highest BCUT2D eigenvalue weighted by molar-refractivity contribution is 6.07. The van der Waals surface area contributed by atoms with Crippen molar-refractivity contribution in [1.29, 1.82) is 0 Å². The van der Waals surface area contributed by atoms with Gasteiger partial charge < -0.3 is 19.9 Å². The van der Waals surface area contributed by atoms with Crippen molar-refractivity contribution in [2.75, 3.05) is 18.0 Å². The van der Waals surface area contributed by atoms with Crippen molar-refractivity contribution in [3.05, 3.63) is 54.1 Å². The summed E-state index contributed by atoms with van der Waals surface area (Å²) in [5.74, 6) is 1.53. The third-order valence-corrected chi connectivity index (χ3v) is 6.21. The van der Waals surface area contributed by atoms with Crippen molar-refractivity contribution >= 4 is 22.6 Å². The van der Waals surface area contributed by atoms with Crippen LogP contribution in [0.5, 0.6) is 0 Å². The molecule has 3 aromatic rings. The normalized spacial score (nSPS) is 20.3. The van der Waals surface area contributed by atoms with E-state index in [0.717, 1.165) is 48.9 Å². The van der Waals surface area contributed by atoms with Crippen molar-refractivity contribution in [3.8, 4) is 0 Å². The summed E-state index contributed by atoms with van der Waals surface area (Å²) in [5, 5.41) is 14.9. The van der Waals surface area contributed by atoms with Gasteiger partial charge in [-0.3, -0.25) is 4.79 Å². The fraction of sp³-hybridized carbons (Fsp3) is 0.435. The number of rotatable bonds is 5. The lowest BCUT2D eigenvalue weighted by Crippen LogP contribution is -2.39. The maximum Gasteiger partial charge on any atom is 0.252 e. The molecule has 1 saturated carbocycles. The lowest BCUT2D eigenvalue weighted by atomic mass is 9.92. The standard InChI is InChI=1S/C23H27N5O2/c1-27-12-10-24-22(27)21(29)15-5-4-11-28(14-15)20-13-18(23(30)25-16-8-9-16)17-6-2-3-7-19(17)26-20/h2-3,6-7,10,12-13,15-16,21,29H,4-5,8-9,11,14H2,1H3,(H,25,30). The van der Waals surface area contributed by atoms with E-state index in [0.29, 0.717) is 24.0 Å². The van der Waals surface area contributed by atoms with Gasteiger partial charge in [0.15, 0.2) is 0 Å². The molecule has 1 saturated heterocycles. The van der Waals surface area contributed by atoms with Gasteiger partial charge in [-0.05, 0) is 37.8 Å². The van der Waals surface area contributed by atoms with Gasteiger partial charge in [-0.15, -0.1) is 0 Å². The molecule has 0 radical (unpaired) electrons. The number of fused-ring (bicyclic) bond motifs is 1. The van der Waals surface area contributed by atoms with Crippen LogP contribution < -0.4 is 10.2 Å². The minimum atomic E-state index is -0.620. The third-order valence-electron chi connectivity index (χ3n) is 6.21. The number of pyridine rings is 1. The van der Waals surface area contributed by atoms with E-state index < -0.39 is 6.10 Å². The van der Waals surface area contributed by atoms with Crippen molar-refractivity contribution in [3.63, 3.8) is 0 Å². The number of benzene rings is 1. The Morgan fingerprint density at radius 2 is 2.10 bits per heavy atom. The molecule has 2 atom stereocenters. The third kappa shape index (κ3) is 3.65. The lowest BCUT2D eigenvalue weighted by molar-refractivity contribution is 0.0873. The Labute approximate surface area is 175 Å². The second-order valence-electron chi connectivity index (χ2n) is 8.48. The molecule has 2 aromatic heterocycles.